The molecule has 2 aromatic carbocycles. The van der Waals surface area contributed by atoms with Crippen LogP contribution in [0.4, 0.5) is 0 Å². The van der Waals surface area contributed by atoms with E-state index in [2.05, 4.69) is 6.07 Å². The summed E-state index contributed by atoms with van der Waals surface area (Å²) < 4.78 is 0. The fourth-order valence-electron chi connectivity index (χ4n) is 4.27. The van der Waals surface area contributed by atoms with Crippen LogP contribution < -0.4 is 5.73 Å². The lowest BCUT2D eigenvalue weighted by atomic mass is 9.84. The molecule has 2 aromatic rings. The topological polar surface area (TPSA) is 83.7 Å². The summed E-state index contributed by atoms with van der Waals surface area (Å²) in [5.41, 5.74) is 8.46. The minimum Gasteiger partial charge on any atom is -0.370 e. The molecule has 32 heavy (non-hydrogen) atoms. The van der Waals surface area contributed by atoms with Crippen molar-refractivity contribution in [1.29, 1.82) is 0 Å². The SMILES string of the molecule is Cc1cc(C)cc(CC(=O)N2CCC2(C)C(=O)N(CCC(N)=O)Cc2ccc(Cl)cc2)c1. The van der Waals surface area contributed by atoms with Crippen LogP contribution in [0.1, 0.15) is 42.0 Å². The molecule has 6 nitrogen and oxygen atoms in total. The molecule has 1 aliphatic rings. The van der Waals surface area contributed by atoms with Gasteiger partial charge in [0.1, 0.15) is 5.54 Å². The van der Waals surface area contributed by atoms with Gasteiger partial charge < -0.3 is 15.5 Å². The van der Waals surface area contributed by atoms with Gasteiger partial charge in [0.05, 0.1) is 6.42 Å². The van der Waals surface area contributed by atoms with Gasteiger partial charge in [-0.15, -0.1) is 0 Å². The Kier molecular flexibility index (Phi) is 7.24. The third-order valence-corrected chi connectivity index (χ3v) is 6.27. The van der Waals surface area contributed by atoms with E-state index >= 15 is 0 Å². The van der Waals surface area contributed by atoms with E-state index in [1.807, 2.05) is 38.1 Å². The van der Waals surface area contributed by atoms with E-state index in [0.717, 1.165) is 22.3 Å². The maximum atomic E-state index is 13.6. The van der Waals surface area contributed by atoms with Crippen LogP contribution in [-0.4, -0.2) is 46.1 Å². The van der Waals surface area contributed by atoms with Gasteiger partial charge in [0, 0.05) is 31.1 Å². The highest BCUT2D eigenvalue weighted by molar-refractivity contribution is 6.30. The summed E-state index contributed by atoms with van der Waals surface area (Å²) in [5, 5.41) is 0.609. The van der Waals surface area contributed by atoms with Crippen molar-refractivity contribution in [3.8, 4) is 0 Å². The molecule has 2 N–H and O–H groups in total. The van der Waals surface area contributed by atoms with Crippen molar-refractivity contribution in [3.05, 3.63) is 69.7 Å². The van der Waals surface area contributed by atoms with Crippen molar-refractivity contribution in [2.45, 2.75) is 52.1 Å². The first kappa shape index (κ1) is 23.8. The number of nitrogens with zero attached hydrogens (tertiary/aromatic N) is 2. The summed E-state index contributed by atoms with van der Waals surface area (Å²) in [6.45, 7) is 6.87. The molecule has 170 valence electrons. The third kappa shape index (κ3) is 5.49. The molecule has 1 unspecified atom stereocenters. The molecule has 7 heteroatoms. The number of rotatable bonds is 8. The second-order valence-electron chi connectivity index (χ2n) is 8.81. The smallest absolute Gasteiger partial charge is 0.248 e. The van der Waals surface area contributed by atoms with Gasteiger partial charge in [-0.05, 0) is 50.5 Å². The van der Waals surface area contributed by atoms with E-state index in [1.54, 1.807) is 28.9 Å². The van der Waals surface area contributed by atoms with Crippen molar-refractivity contribution in [3.63, 3.8) is 0 Å². The molecular weight excluding hydrogens is 426 g/mol. The predicted molar refractivity (Wildman–Crippen MR) is 125 cm³/mol. The average molecular weight is 456 g/mol. The van der Waals surface area contributed by atoms with Gasteiger partial charge in [-0.2, -0.15) is 0 Å². The summed E-state index contributed by atoms with van der Waals surface area (Å²) in [7, 11) is 0. The Morgan fingerprint density at radius 3 is 2.22 bits per heavy atom. The van der Waals surface area contributed by atoms with Crippen molar-refractivity contribution in [2.75, 3.05) is 13.1 Å². The molecule has 0 radical (unpaired) electrons. The molecule has 0 aromatic heterocycles. The van der Waals surface area contributed by atoms with Crippen LogP contribution in [0.15, 0.2) is 42.5 Å². The zero-order valence-electron chi connectivity index (χ0n) is 18.9. The number of benzene rings is 2. The Bertz CT molecular complexity index is 1000. The molecule has 0 aliphatic carbocycles. The summed E-state index contributed by atoms with van der Waals surface area (Å²) >= 11 is 5.97. The maximum absolute atomic E-state index is 13.6. The minimum absolute atomic E-state index is 0.0614. The number of nitrogens with two attached hydrogens (primary N) is 1. The van der Waals surface area contributed by atoms with Gasteiger partial charge in [0.2, 0.25) is 17.7 Å². The standard InChI is InChI=1S/C25H30ClN3O3/c1-17-12-18(2)14-20(13-17)15-23(31)29-11-9-25(29,3)24(32)28(10-8-22(27)30)16-19-4-6-21(26)7-5-19/h4-7,12-14H,8-11,15-16H2,1-3H3,(H2,27,30). The molecule has 0 spiro atoms. The number of halogens is 1. The fraction of sp³-hybridized carbons (Fsp3) is 0.400. The molecule has 0 bridgehead atoms. The molecule has 3 amide bonds. The molecule has 1 fully saturated rings. The van der Waals surface area contributed by atoms with Crippen LogP contribution in [0.3, 0.4) is 0 Å². The lowest BCUT2D eigenvalue weighted by molar-refractivity contribution is -0.164. The van der Waals surface area contributed by atoms with Crippen molar-refractivity contribution in [2.24, 2.45) is 5.73 Å². The van der Waals surface area contributed by atoms with Crippen molar-refractivity contribution < 1.29 is 14.4 Å². The van der Waals surface area contributed by atoms with Gasteiger partial charge in [-0.1, -0.05) is 53.1 Å². The van der Waals surface area contributed by atoms with E-state index in [-0.39, 0.29) is 31.2 Å². The molecule has 1 aliphatic heterocycles. The van der Waals surface area contributed by atoms with E-state index < -0.39 is 11.4 Å². The van der Waals surface area contributed by atoms with Crippen molar-refractivity contribution in [1.82, 2.24) is 9.80 Å². The Hall–Kier alpha value is -2.86. The van der Waals surface area contributed by atoms with Crippen LogP contribution in [0, 0.1) is 13.8 Å². The lowest BCUT2D eigenvalue weighted by Crippen LogP contribution is -2.68. The van der Waals surface area contributed by atoms with E-state index in [1.165, 1.54) is 0 Å². The Morgan fingerprint density at radius 2 is 1.69 bits per heavy atom. The number of likely N-dealkylation sites (tertiary alicyclic amines) is 1. The van der Waals surface area contributed by atoms with Gasteiger partial charge in [0.25, 0.3) is 0 Å². The summed E-state index contributed by atoms with van der Waals surface area (Å²) in [6, 6.07) is 13.3. The second-order valence-corrected chi connectivity index (χ2v) is 9.25. The summed E-state index contributed by atoms with van der Waals surface area (Å²) in [4.78, 5) is 41.3. The minimum atomic E-state index is -0.931. The second kappa shape index (κ2) is 9.74. The van der Waals surface area contributed by atoms with E-state index in [4.69, 9.17) is 17.3 Å². The van der Waals surface area contributed by atoms with Gasteiger partial charge >= 0.3 is 0 Å². The van der Waals surface area contributed by atoms with Crippen LogP contribution >= 0.6 is 11.6 Å². The Labute approximate surface area is 194 Å². The van der Waals surface area contributed by atoms with E-state index in [0.29, 0.717) is 24.5 Å². The number of hydrogen-bond donors (Lipinski definition) is 1. The normalized spacial score (nSPS) is 17.6. The number of hydrogen-bond acceptors (Lipinski definition) is 3. The molecular formula is C25H30ClN3O3. The fourth-order valence-corrected chi connectivity index (χ4v) is 4.40. The average Bonchev–Trinajstić information content (AvgIpc) is 2.69. The molecule has 1 heterocycles. The summed E-state index contributed by atoms with van der Waals surface area (Å²) in [6.07, 6.45) is 0.897. The zero-order chi connectivity index (χ0) is 23.5. The highest BCUT2D eigenvalue weighted by atomic mass is 35.5. The van der Waals surface area contributed by atoms with Crippen LogP contribution in [-0.2, 0) is 27.3 Å². The molecule has 1 atom stereocenters. The van der Waals surface area contributed by atoms with E-state index in [9.17, 15) is 14.4 Å². The predicted octanol–water partition coefficient (Wildman–Crippen LogP) is 3.39. The number of carbonyl (C=O) groups is 3. The monoisotopic (exact) mass is 455 g/mol. The van der Waals surface area contributed by atoms with Crippen LogP contribution in [0.5, 0.6) is 0 Å². The highest BCUT2D eigenvalue weighted by Crippen LogP contribution is 2.33. The van der Waals surface area contributed by atoms with Gasteiger partial charge in [0.15, 0.2) is 0 Å². The first-order valence-electron chi connectivity index (χ1n) is 10.8. The first-order chi connectivity index (χ1) is 15.1. The van der Waals surface area contributed by atoms with Crippen LogP contribution in [0.25, 0.3) is 0 Å². The number of amides is 3. The maximum Gasteiger partial charge on any atom is 0.248 e. The third-order valence-electron chi connectivity index (χ3n) is 6.02. The number of carbonyl (C=O) groups excluding carboxylic acids is 3. The van der Waals surface area contributed by atoms with Gasteiger partial charge in [-0.25, -0.2) is 0 Å². The number of primary amides is 1. The molecule has 3 rings (SSSR count). The Balaban J connectivity index is 1.76. The lowest BCUT2D eigenvalue weighted by Gasteiger charge is -2.51. The summed E-state index contributed by atoms with van der Waals surface area (Å²) in [5.74, 6) is -0.715. The number of aryl methyl sites for hydroxylation is 2. The molecule has 1 saturated heterocycles. The van der Waals surface area contributed by atoms with Crippen molar-refractivity contribution >= 4 is 29.3 Å². The quantitative estimate of drug-likeness (QED) is 0.662. The first-order valence-corrected chi connectivity index (χ1v) is 11.2. The largest absolute Gasteiger partial charge is 0.370 e. The zero-order valence-corrected chi connectivity index (χ0v) is 19.6. The van der Waals surface area contributed by atoms with Gasteiger partial charge in [-0.3, -0.25) is 14.4 Å². The molecule has 0 saturated carbocycles. The van der Waals surface area contributed by atoms with Crippen LogP contribution in [0.2, 0.25) is 5.02 Å². The Morgan fingerprint density at radius 1 is 1.06 bits per heavy atom. The highest BCUT2D eigenvalue weighted by Gasteiger charge is 2.50.